The van der Waals surface area contributed by atoms with Crippen LogP contribution in [0.2, 0.25) is 0 Å². The molecule has 0 spiro atoms. The average molecular weight is 367 g/mol. The van der Waals surface area contributed by atoms with Crippen LogP contribution in [-0.2, 0) is 20.7 Å². The number of hydrogen-bond acceptors (Lipinski definition) is 6. The normalized spacial score (nSPS) is 12.4. The maximum atomic E-state index is 12.2. The summed E-state index contributed by atoms with van der Waals surface area (Å²) in [6.45, 7) is 0.481. The highest BCUT2D eigenvalue weighted by Gasteiger charge is 2.14. The Hall–Kier alpha value is -3.42. The SMILES string of the molecule is COC(=O)CCN1C=CN=Cc2cc(NC(=O)CCc3c[nH]cn3)ccc21. The summed E-state index contributed by atoms with van der Waals surface area (Å²) in [5, 5.41) is 2.90. The largest absolute Gasteiger partial charge is 0.469 e. The molecule has 2 aromatic rings. The van der Waals surface area contributed by atoms with Gasteiger partial charge in [0.2, 0.25) is 5.91 Å². The molecule has 1 aromatic carbocycles. The van der Waals surface area contributed by atoms with Gasteiger partial charge in [0.15, 0.2) is 0 Å². The van der Waals surface area contributed by atoms with Crippen molar-refractivity contribution in [3.8, 4) is 0 Å². The van der Waals surface area contributed by atoms with Crippen LogP contribution in [-0.4, -0.2) is 41.7 Å². The molecule has 0 fully saturated rings. The van der Waals surface area contributed by atoms with Gasteiger partial charge in [0.1, 0.15) is 0 Å². The Morgan fingerprint density at radius 3 is 2.96 bits per heavy atom. The van der Waals surface area contributed by atoms with Gasteiger partial charge in [-0.2, -0.15) is 0 Å². The number of nitrogens with zero attached hydrogens (tertiary/aromatic N) is 3. The Balaban J connectivity index is 1.65. The molecule has 8 heteroatoms. The van der Waals surface area contributed by atoms with E-state index in [0.717, 1.165) is 16.9 Å². The number of amides is 1. The predicted octanol–water partition coefficient (Wildman–Crippen LogP) is 2.25. The van der Waals surface area contributed by atoms with Gasteiger partial charge in [0.25, 0.3) is 0 Å². The Kier molecular flexibility index (Phi) is 5.98. The van der Waals surface area contributed by atoms with Gasteiger partial charge in [-0.3, -0.25) is 14.6 Å². The lowest BCUT2D eigenvalue weighted by atomic mass is 10.1. The van der Waals surface area contributed by atoms with E-state index in [9.17, 15) is 9.59 Å². The molecule has 0 aliphatic carbocycles. The minimum Gasteiger partial charge on any atom is -0.469 e. The number of nitrogens with one attached hydrogen (secondary N) is 2. The topological polar surface area (TPSA) is 99.7 Å². The van der Waals surface area contributed by atoms with E-state index in [1.807, 2.05) is 29.3 Å². The number of imidazole rings is 1. The molecule has 27 heavy (non-hydrogen) atoms. The van der Waals surface area contributed by atoms with E-state index in [2.05, 4.69) is 20.3 Å². The molecule has 2 heterocycles. The zero-order valence-electron chi connectivity index (χ0n) is 15.0. The van der Waals surface area contributed by atoms with Crippen molar-refractivity contribution in [2.24, 2.45) is 4.99 Å². The molecule has 0 saturated heterocycles. The van der Waals surface area contributed by atoms with Crippen molar-refractivity contribution in [3.63, 3.8) is 0 Å². The summed E-state index contributed by atoms with van der Waals surface area (Å²) >= 11 is 0. The molecule has 0 saturated carbocycles. The van der Waals surface area contributed by atoms with Crippen LogP contribution in [0.15, 0.2) is 48.1 Å². The molecule has 0 bridgehead atoms. The number of aromatic nitrogens is 2. The van der Waals surface area contributed by atoms with Gasteiger partial charge in [0.05, 0.1) is 25.6 Å². The maximum Gasteiger partial charge on any atom is 0.307 e. The molecule has 8 nitrogen and oxygen atoms in total. The van der Waals surface area contributed by atoms with E-state index in [4.69, 9.17) is 4.74 Å². The van der Waals surface area contributed by atoms with Crippen LogP contribution >= 0.6 is 0 Å². The van der Waals surface area contributed by atoms with Crippen LogP contribution in [0.1, 0.15) is 24.1 Å². The maximum absolute atomic E-state index is 12.2. The summed E-state index contributed by atoms with van der Waals surface area (Å²) in [5.41, 5.74) is 3.31. The second kappa shape index (κ2) is 8.79. The van der Waals surface area contributed by atoms with Gasteiger partial charge >= 0.3 is 5.97 Å². The third kappa shape index (κ3) is 5.04. The standard InChI is InChI=1S/C19H21N5O3/c1-27-19(26)6-8-24-9-7-20-11-14-10-15(2-4-17(14)24)23-18(25)5-3-16-12-21-13-22-16/h2,4,7,9-13H,3,5-6,8H2,1H3,(H,21,22)(H,23,25). The molecule has 1 amide bonds. The van der Waals surface area contributed by atoms with Crippen molar-refractivity contribution >= 4 is 29.5 Å². The fraction of sp³-hybridized carbons (Fsp3) is 0.263. The number of hydrogen-bond donors (Lipinski definition) is 2. The second-order valence-electron chi connectivity index (χ2n) is 5.98. The third-order valence-electron chi connectivity index (χ3n) is 4.11. The lowest BCUT2D eigenvalue weighted by molar-refractivity contribution is -0.140. The molecule has 2 N–H and O–H groups in total. The molecule has 0 radical (unpaired) electrons. The fourth-order valence-electron chi connectivity index (χ4n) is 2.72. The van der Waals surface area contributed by atoms with Crippen molar-refractivity contribution in [2.75, 3.05) is 23.9 Å². The number of rotatable bonds is 7. The highest BCUT2D eigenvalue weighted by Crippen LogP contribution is 2.25. The predicted molar refractivity (Wildman–Crippen MR) is 103 cm³/mol. The number of fused-ring (bicyclic) bond motifs is 1. The lowest BCUT2D eigenvalue weighted by Crippen LogP contribution is -2.21. The summed E-state index contributed by atoms with van der Waals surface area (Å²) < 4.78 is 4.70. The second-order valence-corrected chi connectivity index (χ2v) is 5.98. The van der Waals surface area contributed by atoms with E-state index in [0.29, 0.717) is 25.1 Å². The summed E-state index contributed by atoms with van der Waals surface area (Å²) in [5.74, 6) is -0.347. The first-order valence-corrected chi connectivity index (χ1v) is 8.60. The molecule has 1 aromatic heterocycles. The zero-order valence-corrected chi connectivity index (χ0v) is 15.0. The lowest BCUT2D eigenvalue weighted by Gasteiger charge is -2.21. The Morgan fingerprint density at radius 1 is 1.30 bits per heavy atom. The molecule has 1 aliphatic heterocycles. The van der Waals surface area contributed by atoms with E-state index in [-0.39, 0.29) is 18.3 Å². The first-order valence-electron chi connectivity index (χ1n) is 8.60. The number of aliphatic imine (C=N–C) groups is 1. The van der Waals surface area contributed by atoms with Crippen LogP contribution in [0.5, 0.6) is 0 Å². The van der Waals surface area contributed by atoms with Crippen LogP contribution < -0.4 is 10.2 Å². The van der Waals surface area contributed by atoms with Crippen LogP contribution in [0.3, 0.4) is 0 Å². The van der Waals surface area contributed by atoms with Crippen molar-refractivity contribution < 1.29 is 14.3 Å². The zero-order chi connectivity index (χ0) is 19.1. The van der Waals surface area contributed by atoms with Crippen LogP contribution in [0, 0.1) is 0 Å². The van der Waals surface area contributed by atoms with Crippen molar-refractivity contribution in [1.29, 1.82) is 0 Å². The molecular weight excluding hydrogens is 346 g/mol. The molecule has 1 aliphatic rings. The van der Waals surface area contributed by atoms with E-state index >= 15 is 0 Å². The number of carbonyl (C=O) groups excluding carboxylic acids is 2. The minimum absolute atomic E-state index is 0.0795. The summed E-state index contributed by atoms with van der Waals surface area (Å²) in [7, 11) is 1.37. The van der Waals surface area contributed by atoms with Crippen LogP contribution in [0.25, 0.3) is 0 Å². The first kappa shape index (κ1) is 18.4. The summed E-state index contributed by atoms with van der Waals surface area (Å²) in [6, 6.07) is 5.60. The number of benzene rings is 1. The van der Waals surface area contributed by atoms with Crippen LogP contribution in [0.4, 0.5) is 11.4 Å². The first-order chi connectivity index (χ1) is 13.2. The number of methoxy groups -OCH3 is 1. The van der Waals surface area contributed by atoms with Crippen molar-refractivity contribution in [1.82, 2.24) is 9.97 Å². The van der Waals surface area contributed by atoms with Gasteiger partial charge in [-0.25, -0.2) is 4.98 Å². The highest BCUT2D eigenvalue weighted by atomic mass is 16.5. The van der Waals surface area contributed by atoms with Gasteiger partial charge in [-0.05, 0) is 24.6 Å². The molecule has 0 atom stereocenters. The third-order valence-corrected chi connectivity index (χ3v) is 4.11. The monoisotopic (exact) mass is 367 g/mol. The molecular formula is C19H21N5O3. The number of anilines is 2. The van der Waals surface area contributed by atoms with Gasteiger partial charge < -0.3 is 19.9 Å². The number of aryl methyl sites for hydroxylation is 1. The summed E-state index contributed by atoms with van der Waals surface area (Å²) in [6.07, 6.45) is 9.78. The van der Waals surface area contributed by atoms with Gasteiger partial charge in [-0.15, -0.1) is 0 Å². The molecule has 3 rings (SSSR count). The number of aromatic amines is 1. The molecule has 140 valence electrons. The Labute approximate surface area is 157 Å². The smallest absolute Gasteiger partial charge is 0.307 e. The van der Waals surface area contributed by atoms with Gasteiger partial charge in [0, 0.05) is 54.7 Å². The van der Waals surface area contributed by atoms with E-state index in [1.165, 1.54) is 7.11 Å². The number of H-pyrrole nitrogens is 1. The highest BCUT2D eigenvalue weighted by molar-refractivity contribution is 5.95. The summed E-state index contributed by atoms with van der Waals surface area (Å²) in [4.78, 5) is 36.7. The number of ether oxygens (including phenoxy) is 1. The van der Waals surface area contributed by atoms with Gasteiger partial charge in [-0.1, -0.05) is 0 Å². The number of esters is 1. The fourth-order valence-corrected chi connectivity index (χ4v) is 2.72. The Morgan fingerprint density at radius 2 is 2.19 bits per heavy atom. The average Bonchev–Trinajstić information content (AvgIpc) is 3.12. The van der Waals surface area contributed by atoms with Crippen molar-refractivity contribution in [3.05, 3.63) is 54.4 Å². The number of carbonyl (C=O) groups is 2. The van der Waals surface area contributed by atoms with Crippen molar-refractivity contribution in [2.45, 2.75) is 19.3 Å². The molecule has 0 unspecified atom stereocenters. The van der Waals surface area contributed by atoms with E-state index in [1.54, 1.807) is 24.9 Å². The Bertz CT molecular complexity index is 858. The van der Waals surface area contributed by atoms with E-state index < -0.39 is 0 Å². The quantitative estimate of drug-likeness (QED) is 0.731. The minimum atomic E-state index is -0.268.